The van der Waals surface area contributed by atoms with Crippen molar-refractivity contribution in [3.05, 3.63) is 22.4 Å². The topological polar surface area (TPSA) is 15.3 Å². The van der Waals surface area contributed by atoms with Gasteiger partial charge in [-0.2, -0.15) is 0 Å². The molecule has 21 heavy (non-hydrogen) atoms. The molecule has 1 saturated heterocycles. The molecule has 0 amide bonds. The average molecular weight is 307 g/mol. The van der Waals surface area contributed by atoms with Crippen molar-refractivity contribution in [3.8, 4) is 0 Å². The fraction of sp³-hybridized carbons (Fsp3) is 0.778. The smallest absolute Gasteiger partial charge is 0.0309 e. The lowest BCUT2D eigenvalue weighted by Gasteiger charge is -2.50. The summed E-state index contributed by atoms with van der Waals surface area (Å²) in [6.45, 7) is 10.8. The second-order valence-corrected chi connectivity index (χ2v) is 8.78. The molecule has 1 aliphatic heterocycles. The third kappa shape index (κ3) is 3.35. The van der Waals surface area contributed by atoms with Crippen LogP contribution in [0.5, 0.6) is 0 Å². The van der Waals surface area contributed by atoms with Crippen molar-refractivity contribution < 1.29 is 0 Å². The second kappa shape index (κ2) is 6.02. The van der Waals surface area contributed by atoms with Crippen LogP contribution in [0, 0.1) is 0 Å². The summed E-state index contributed by atoms with van der Waals surface area (Å²) in [6, 6.07) is 5.14. The maximum Gasteiger partial charge on any atom is 0.0309 e. The van der Waals surface area contributed by atoms with Gasteiger partial charge in [0.2, 0.25) is 0 Å². The van der Waals surface area contributed by atoms with Crippen molar-refractivity contribution in [2.24, 2.45) is 0 Å². The molecule has 118 valence electrons. The molecule has 1 spiro atoms. The van der Waals surface area contributed by atoms with Crippen LogP contribution in [0.3, 0.4) is 0 Å². The molecule has 1 saturated carbocycles. The van der Waals surface area contributed by atoms with Crippen LogP contribution in [-0.4, -0.2) is 36.1 Å². The molecule has 0 aromatic carbocycles. The number of nitrogens with zero attached hydrogens (tertiary/aromatic N) is 1. The summed E-state index contributed by atoms with van der Waals surface area (Å²) in [5.41, 5.74) is 0.673. The number of rotatable bonds is 3. The van der Waals surface area contributed by atoms with Crippen LogP contribution >= 0.6 is 11.3 Å². The lowest BCUT2D eigenvalue weighted by molar-refractivity contribution is 0.0498. The minimum Gasteiger partial charge on any atom is -0.308 e. The van der Waals surface area contributed by atoms with Crippen LogP contribution in [0.1, 0.15) is 57.8 Å². The van der Waals surface area contributed by atoms with Crippen molar-refractivity contribution >= 4 is 11.3 Å². The summed E-state index contributed by atoms with van der Waals surface area (Å²) in [7, 11) is 0. The van der Waals surface area contributed by atoms with Crippen molar-refractivity contribution in [2.45, 2.75) is 69.9 Å². The van der Waals surface area contributed by atoms with Crippen LogP contribution in [0.15, 0.2) is 17.5 Å². The Hall–Kier alpha value is -0.380. The van der Waals surface area contributed by atoms with Gasteiger partial charge in [0.25, 0.3) is 0 Å². The standard InChI is InChI=1S/C18H30N2S/c1-15-12-19-18(9-5-4-6-10-18)14-20(15)13-17(2,3)16-8-7-11-21-16/h7-8,11,15,19H,4-6,9-10,12-14H2,1-3H3. The Labute approximate surface area is 133 Å². The van der Waals surface area contributed by atoms with Gasteiger partial charge in [-0.15, -0.1) is 11.3 Å². The van der Waals surface area contributed by atoms with Gasteiger partial charge < -0.3 is 5.32 Å². The summed E-state index contributed by atoms with van der Waals surface area (Å²) in [6.07, 6.45) is 6.98. The van der Waals surface area contributed by atoms with E-state index in [0.29, 0.717) is 11.6 Å². The molecule has 1 aromatic rings. The van der Waals surface area contributed by atoms with Gasteiger partial charge in [-0.3, -0.25) is 4.90 Å². The molecule has 3 heteroatoms. The normalized spacial score (nSPS) is 27.1. The van der Waals surface area contributed by atoms with E-state index in [2.05, 4.69) is 48.5 Å². The zero-order valence-corrected chi connectivity index (χ0v) is 14.6. The Morgan fingerprint density at radius 1 is 1.33 bits per heavy atom. The summed E-state index contributed by atoms with van der Waals surface area (Å²) in [5, 5.41) is 6.10. The predicted octanol–water partition coefficient (Wildman–Crippen LogP) is 4.02. The fourth-order valence-electron chi connectivity index (χ4n) is 4.12. The number of hydrogen-bond donors (Lipinski definition) is 1. The first-order valence-corrected chi connectivity index (χ1v) is 9.42. The van der Waals surface area contributed by atoms with E-state index in [4.69, 9.17) is 0 Å². The highest BCUT2D eigenvalue weighted by Crippen LogP contribution is 2.34. The first kappa shape index (κ1) is 15.5. The second-order valence-electron chi connectivity index (χ2n) is 7.84. The Morgan fingerprint density at radius 2 is 2.10 bits per heavy atom. The predicted molar refractivity (Wildman–Crippen MR) is 92.2 cm³/mol. The van der Waals surface area contributed by atoms with Crippen LogP contribution < -0.4 is 5.32 Å². The zero-order valence-electron chi connectivity index (χ0n) is 13.8. The highest BCUT2D eigenvalue weighted by molar-refractivity contribution is 7.10. The zero-order chi connectivity index (χ0) is 14.9. The monoisotopic (exact) mass is 306 g/mol. The lowest BCUT2D eigenvalue weighted by atomic mass is 9.78. The number of piperazine rings is 1. The molecule has 1 N–H and O–H groups in total. The van der Waals surface area contributed by atoms with Crippen molar-refractivity contribution in [3.63, 3.8) is 0 Å². The minimum absolute atomic E-state index is 0.260. The average Bonchev–Trinajstić information content (AvgIpc) is 2.99. The maximum absolute atomic E-state index is 3.90. The quantitative estimate of drug-likeness (QED) is 0.907. The highest BCUT2D eigenvalue weighted by Gasteiger charge is 2.40. The van der Waals surface area contributed by atoms with Crippen LogP contribution in [0.2, 0.25) is 0 Å². The van der Waals surface area contributed by atoms with E-state index >= 15 is 0 Å². The number of thiophene rings is 1. The molecule has 1 aromatic heterocycles. The maximum atomic E-state index is 3.90. The van der Waals surface area contributed by atoms with Crippen molar-refractivity contribution in [1.29, 1.82) is 0 Å². The van der Waals surface area contributed by atoms with Gasteiger partial charge >= 0.3 is 0 Å². The van der Waals surface area contributed by atoms with E-state index in [9.17, 15) is 0 Å². The van der Waals surface area contributed by atoms with Crippen LogP contribution in [0.25, 0.3) is 0 Å². The Bertz CT molecular complexity index is 446. The van der Waals surface area contributed by atoms with Gasteiger partial charge in [0.1, 0.15) is 0 Å². The molecule has 1 unspecified atom stereocenters. The molecule has 2 fully saturated rings. The van der Waals surface area contributed by atoms with Gasteiger partial charge in [-0.25, -0.2) is 0 Å². The lowest BCUT2D eigenvalue weighted by Crippen LogP contribution is -2.65. The summed E-state index contributed by atoms with van der Waals surface area (Å²) in [5.74, 6) is 0. The van der Waals surface area contributed by atoms with Crippen LogP contribution in [-0.2, 0) is 5.41 Å². The molecule has 3 rings (SSSR count). The van der Waals surface area contributed by atoms with E-state index in [0.717, 1.165) is 6.54 Å². The number of nitrogens with one attached hydrogen (secondary N) is 1. The molecule has 1 aliphatic carbocycles. The van der Waals surface area contributed by atoms with Crippen molar-refractivity contribution in [1.82, 2.24) is 10.2 Å². The third-order valence-electron chi connectivity index (χ3n) is 5.50. The Kier molecular flexibility index (Phi) is 4.45. The van der Waals surface area contributed by atoms with E-state index in [1.165, 1.54) is 50.1 Å². The molecule has 1 atom stereocenters. The van der Waals surface area contributed by atoms with Gasteiger partial charge in [0, 0.05) is 41.5 Å². The summed E-state index contributed by atoms with van der Waals surface area (Å²) < 4.78 is 0. The minimum atomic E-state index is 0.260. The van der Waals surface area contributed by atoms with Gasteiger partial charge in [-0.1, -0.05) is 39.2 Å². The largest absolute Gasteiger partial charge is 0.308 e. The van der Waals surface area contributed by atoms with Gasteiger partial charge in [0.05, 0.1) is 0 Å². The Balaban J connectivity index is 1.71. The third-order valence-corrected chi connectivity index (χ3v) is 6.73. The first-order valence-electron chi connectivity index (χ1n) is 8.54. The van der Waals surface area contributed by atoms with E-state index in [1.54, 1.807) is 0 Å². The molecular formula is C18H30N2S. The van der Waals surface area contributed by atoms with E-state index < -0.39 is 0 Å². The molecule has 0 radical (unpaired) electrons. The molecular weight excluding hydrogens is 276 g/mol. The molecule has 2 nitrogen and oxygen atoms in total. The molecule has 2 aliphatic rings. The summed E-state index contributed by atoms with van der Waals surface area (Å²) >= 11 is 1.90. The molecule has 0 bridgehead atoms. The fourth-order valence-corrected chi connectivity index (χ4v) is 4.96. The van der Waals surface area contributed by atoms with Gasteiger partial charge in [-0.05, 0) is 31.2 Å². The number of hydrogen-bond acceptors (Lipinski definition) is 3. The molecule has 2 heterocycles. The van der Waals surface area contributed by atoms with E-state index in [1.807, 2.05) is 11.3 Å². The van der Waals surface area contributed by atoms with Crippen molar-refractivity contribution in [2.75, 3.05) is 19.6 Å². The SMILES string of the molecule is CC1CNC2(CCCCC2)CN1CC(C)(C)c1cccs1. The van der Waals surface area contributed by atoms with Gasteiger partial charge in [0.15, 0.2) is 0 Å². The first-order chi connectivity index (χ1) is 10.0. The van der Waals surface area contributed by atoms with E-state index in [-0.39, 0.29) is 5.41 Å². The highest BCUT2D eigenvalue weighted by atomic mass is 32.1. The Morgan fingerprint density at radius 3 is 2.76 bits per heavy atom. The summed E-state index contributed by atoms with van der Waals surface area (Å²) in [4.78, 5) is 4.27. The van der Waals surface area contributed by atoms with Crippen LogP contribution in [0.4, 0.5) is 0 Å².